The van der Waals surface area contributed by atoms with Crippen molar-refractivity contribution in [3.8, 4) is 6.07 Å². The minimum Gasteiger partial charge on any atom is -0.382 e. The van der Waals surface area contributed by atoms with Crippen LogP contribution in [0.15, 0.2) is 18.3 Å². The van der Waals surface area contributed by atoms with Crippen LogP contribution in [0.3, 0.4) is 0 Å². The van der Waals surface area contributed by atoms with E-state index in [9.17, 15) is 14.4 Å². The number of aryl methyl sites for hydroxylation is 1. The van der Waals surface area contributed by atoms with Crippen molar-refractivity contribution in [1.82, 2.24) is 4.98 Å². The second kappa shape index (κ2) is 5.60. The van der Waals surface area contributed by atoms with Crippen molar-refractivity contribution < 1.29 is 9.18 Å². The number of primary amides is 1. The minimum atomic E-state index is -0.801. The highest BCUT2D eigenvalue weighted by molar-refractivity contribution is 5.95. The van der Waals surface area contributed by atoms with Gasteiger partial charge in [-0.15, -0.1) is 0 Å². The second-order valence-corrected chi connectivity index (χ2v) is 5.88. The number of rotatable bonds is 4. The number of carbonyl (C=O) groups is 1. The lowest BCUT2D eigenvalue weighted by molar-refractivity contribution is -0.125. The van der Waals surface area contributed by atoms with Crippen LogP contribution >= 0.6 is 0 Å². The molecule has 1 aromatic heterocycles. The van der Waals surface area contributed by atoms with Gasteiger partial charge < -0.3 is 11.1 Å². The van der Waals surface area contributed by atoms with Crippen LogP contribution in [0.5, 0.6) is 0 Å². The molecule has 0 aliphatic carbocycles. The molecule has 2 rings (SSSR count). The third-order valence-corrected chi connectivity index (χ3v) is 3.62. The maximum absolute atomic E-state index is 13.7. The van der Waals surface area contributed by atoms with Crippen LogP contribution in [0.25, 0.3) is 10.9 Å². The monoisotopic (exact) mass is 300 g/mol. The first-order chi connectivity index (χ1) is 10.3. The zero-order valence-corrected chi connectivity index (χ0v) is 12.7. The van der Waals surface area contributed by atoms with E-state index in [1.54, 1.807) is 20.8 Å². The number of anilines is 1. The van der Waals surface area contributed by atoms with E-state index in [1.807, 2.05) is 6.07 Å². The molecule has 0 unspecified atom stereocenters. The molecule has 1 aromatic carbocycles. The molecule has 0 aliphatic rings. The van der Waals surface area contributed by atoms with E-state index in [0.717, 1.165) is 0 Å². The third kappa shape index (κ3) is 2.84. The van der Waals surface area contributed by atoms with Crippen molar-refractivity contribution in [3.05, 3.63) is 35.3 Å². The van der Waals surface area contributed by atoms with Gasteiger partial charge in [-0.3, -0.25) is 9.78 Å². The Bertz CT molecular complexity index is 793. The van der Waals surface area contributed by atoms with Gasteiger partial charge >= 0.3 is 0 Å². The van der Waals surface area contributed by atoms with Crippen molar-refractivity contribution in [2.24, 2.45) is 11.1 Å². The maximum atomic E-state index is 13.7. The van der Waals surface area contributed by atoms with Crippen molar-refractivity contribution in [3.63, 3.8) is 0 Å². The van der Waals surface area contributed by atoms with Crippen LogP contribution in [0.4, 0.5) is 10.1 Å². The lowest BCUT2D eigenvalue weighted by Gasteiger charge is -2.22. The lowest BCUT2D eigenvalue weighted by Crippen LogP contribution is -2.37. The number of nitrogens with one attached hydrogen (secondary N) is 1. The quantitative estimate of drug-likeness (QED) is 0.907. The van der Waals surface area contributed by atoms with E-state index in [4.69, 9.17) is 5.73 Å². The predicted molar refractivity (Wildman–Crippen MR) is 82.6 cm³/mol. The average Bonchev–Trinajstić information content (AvgIpc) is 2.44. The Labute approximate surface area is 127 Å². The summed E-state index contributed by atoms with van der Waals surface area (Å²) in [5.41, 5.74) is 6.59. The van der Waals surface area contributed by atoms with Crippen LogP contribution in [0, 0.1) is 29.5 Å². The average molecular weight is 300 g/mol. The molecular weight excluding hydrogens is 283 g/mol. The Balaban J connectivity index is 2.56. The van der Waals surface area contributed by atoms with E-state index < -0.39 is 17.1 Å². The SMILES string of the molecule is Cc1cc(F)cc2c(NCC(C)(C)C(N)=O)c(C#N)cnc12. The fraction of sp³-hybridized carbons (Fsp3) is 0.312. The molecule has 3 N–H and O–H groups in total. The molecule has 0 fully saturated rings. The molecule has 114 valence electrons. The number of nitrogens with zero attached hydrogens (tertiary/aromatic N) is 2. The first kappa shape index (κ1) is 15.7. The first-order valence-electron chi connectivity index (χ1n) is 6.79. The summed E-state index contributed by atoms with van der Waals surface area (Å²) in [7, 11) is 0. The normalized spacial score (nSPS) is 11.2. The second-order valence-electron chi connectivity index (χ2n) is 5.88. The summed E-state index contributed by atoms with van der Waals surface area (Å²) >= 11 is 0. The summed E-state index contributed by atoms with van der Waals surface area (Å²) in [5.74, 6) is -0.863. The van der Waals surface area contributed by atoms with Gasteiger partial charge in [0.05, 0.1) is 22.2 Å². The van der Waals surface area contributed by atoms with Crippen LogP contribution in [0.1, 0.15) is 25.0 Å². The maximum Gasteiger partial charge on any atom is 0.224 e. The van der Waals surface area contributed by atoms with Crippen LogP contribution in [0.2, 0.25) is 0 Å². The molecule has 0 atom stereocenters. The highest BCUT2D eigenvalue weighted by atomic mass is 19.1. The van der Waals surface area contributed by atoms with Crippen molar-refractivity contribution in [1.29, 1.82) is 5.26 Å². The van der Waals surface area contributed by atoms with Crippen molar-refractivity contribution in [2.45, 2.75) is 20.8 Å². The molecule has 0 spiro atoms. The molecule has 6 heteroatoms. The number of nitrogens with two attached hydrogens (primary N) is 1. The Kier molecular flexibility index (Phi) is 4.00. The molecule has 5 nitrogen and oxygen atoms in total. The summed E-state index contributed by atoms with van der Waals surface area (Å²) in [5, 5.41) is 12.8. The van der Waals surface area contributed by atoms with Gasteiger partial charge in [-0.1, -0.05) is 0 Å². The fourth-order valence-electron chi connectivity index (χ4n) is 2.11. The van der Waals surface area contributed by atoms with E-state index in [1.165, 1.54) is 18.3 Å². The highest BCUT2D eigenvalue weighted by Crippen LogP contribution is 2.29. The van der Waals surface area contributed by atoms with E-state index in [0.29, 0.717) is 22.2 Å². The number of pyridine rings is 1. The molecule has 0 saturated heterocycles. The van der Waals surface area contributed by atoms with E-state index in [2.05, 4.69) is 10.3 Å². The summed E-state index contributed by atoms with van der Waals surface area (Å²) in [6.45, 7) is 5.38. The Morgan fingerprint density at radius 3 is 2.77 bits per heavy atom. The number of aromatic nitrogens is 1. The number of hydrogen-bond donors (Lipinski definition) is 2. The molecule has 0 radical (unpaired) electrons. The van der Waals surface area contributed by atoms with Crippen molar-refractivity contribution in [2.75, 3.05) is 11.9 Å². The largest absolute Gasteiger partial charge is 0.382 e. The number of benzene rings is 1. The Morgan fingerprint density at radius 2 is 2.18 bits per heavy atom. The molecule has 1 amide bonds. The fourth-order valence-corrected chi connectivity index (χ4v) is 2.11. The smallest absolute Gasteiger partial charge is 0.224 e. The number of fused-ring (bicyclic) bond motifs is 1. The summed E-state index contributed by atoms with van der Waals surface area (Å²) < 4.78 is 13.7. The van der Waals surface area contributed by atoms with Crippen LogP contribution < -0.4 is 11.1 Å². The van der Waals surface area contributed by atoms with E-state index in [-0.39, 0.29) is 12.1 Å². The van der Waals surface area contributed by atoms with E-state index >= 15 is 0 Å². The number of amides is 1. The summed E-state index contributed by atoms with van der Waals surface area (Å²) in [6, 6.07) is 4.75. The number of nitriles is 1. The van der Waals surface area contributed by atoms with Gasteiger partial charge in [0.15, 0.2) is 0 Å². The zero-order chi connectivity index (χ0) is 16.5. The molecule has 22 heavy (non-hydrogen) atoms. The molecule has 0 bridgehead atoms. The van der Waals surface area contributed by atoms with Gasteiger partial charge in [0.2, 0.25) is 5.91 Å². The summed E-state index contributed by atoms with van der Waals surface area (Å²) in [4.78, 5) is 15.6. The Morgan fingerprint density at radius 1 is 1.50 bits per heavy atom. The molecule has 0 aliphatic heterocycles. The van der Waals surface area contributed by atoms with Gasteiger partial charge in [0.25, 0.3) is 0 Å². The zero-order valence-electron chi connectivity index (χ0n) is 12.7. The van der Waals surface area contributed by atoms with Gasteiger partial charge in [0, 0.05) is 18.1 Å². The molecule has 0 saturated carbocycles. The van der Waals surface area contributed by atoms with Gasteiger partial charge in [0.1, 0.15) is 11.9 Å². The topological polar surface area (TPSA) is 91.8 Å². The standard InChI is InChI=1S/C16H17FN4O/c1-9-4-11(17)5-12-13(9)20-7-10(6-18)14(12)21-8-16(2,3)15(19)22/h4-5,7H,8H2,1-3H3,(H2,19,22)(H,20,21). The highest BCUT2D eigenvalue weighted by Gasteiger charge is 2.25. The lowest BCUT2D eigenvalue weighted by atomic mass is 9.92. The first-order valence-corrected chi connectivity index (χ1v) is 6.79. The van der Waals surface area contributed by atoms with Crippen LogP contribution in [-0.4, -0.2) is 17.4 Å². The molecular formula is C16H17FN4O. The minimum absolute atomic E-state index is 0.228. The van der Waals surface area contributed by atoms with Gasteiger partial charge in [-0.05, 0) is 38.5 Å². The van der Waals surface area contributed by atoms with Crippen molar-refractivity contribution >= 4 is 22.5 Å². The summed E-state index contributed by atoms with van der Waals surface area (Å²) in [6.07, 6.45) is 1.44. The van der Waals surface area contributed by atoms with Gasteiger partial charge in [-0.25, -0.2) is 4.39 Å². The third-order valence-electron chi connectivity index (χ3n) is 3.62. The Hall–Kier alpha value is -2.68. The number of hydrogen-bond acceptors (Lipinski definition) is 4. The molecule has 2 aromatic rings. The van der Waals surface area contributed by atoms with Gasteiger partial charge in [-0.2, -0.15) is 5.26 Å². The number of carbonyl (C=O) groups excluding carboxylic acids is 1. The molecule has 1 heterocycles. The predicted octanol–water partition coefficient (Wildman–Crippen LogP) is 2.48. The number of halogens is 1. The van der Waals surface area contributed by atoms with Crippen LogP contribution in [-0.2, 0) is 4.79 Å².